The van der Waals surface area contributed by atoms with Gasteiger partial charge in [0, 0.05) is 39.5 Å². The maximum Gasteiger partial charge on any atom is 0.261 e. The number of pyridine rings is 1. The van der Waals surface area contributed by atoms with Gasteiger partial charge in [0.1, 0.15) is 6.07 Å². The van der Waals surface area contributed by atoms with Crippen molar-refractivity contribution < 1.29 is 8.42 Å². The number of sulfonamides is 1. The second-order valence-corrected chi connectivity index (χ2v) is 11.7. The molecule has 2 heterocycles. The molecule has 6 rings (SSSR count). The topological polar surface area (TPSA) is 98.6 Å². The van der Waals surface area contributed by atoms with Gasteiger partial charge in [-0.25, -0.2) is 13.4 Å². The number of para-hydroxylation sites is 1. The first-order valence-corrected chi connectivity index (χ1v) is 14.6. The Morgan fingerprint density at radius 3 is 2.10 bits per heavy atom. The normalized spacial score (nSPS) is 11.3. The summed E-state index contributed by atoms with van der Waals surface area (Å²) < 4.78 is 28.4. The molecule has 0 unspecified atom stereocenters. The van der Waals surface area contributed by atoms with Crippen LogP contribution in [0.4, 0.5) is 5.69 Å². The molecule has 0 saturated heterocycles. The van der Waals surface area contributed by atoms with Gasteiger partial charge in [0.25, 0.3) is 10.0 Å². The molecule has 0 bridgehead atoms. The molecule has 0 aliphatic heterocycles. The highest BCUT2D eigenvalue weighted by Gasteiger charge is 2.20. The van der Waals surface area contributed by atoms with Crippen molar-refractivity contribution in [3.63, 3.8) is 0 Å². The molecule has 0 amide bonds. The summed E-state index contributed by atoms with van der Waals surface area (Å²) in [5.74, 6) is 0. The number of anilines is 1. The Morgan fingerprint density at radius 1 is 0.780 bits per heavy atom. The van der Waals surface area contributed by atoms with Crippen LogP contribution in [0.15, 0.2) is 114 Å². The van der Waals surface area contributed by atoms with E-state index in [1.54, 1.807) is 36.4 Å². The SMILES string of the molecule is Cc1ccc(-c2cc(-c3ccc(NS(=O)(=O)c4ccc(C)cc4)cc3)nc(-c3c[nH]c4ccccc34)c2C#N)cc1. The summed E-state index contributed by atoms with van der Waals surface area (Å²) in [6.07, 6.45) is 1.89. The average molecular weight is 555 g/mol. The third-order valence-electron chi connectivity index (χ3n) is 7.10. The van der Waals surface area contributed by atoms with Crippen LogP contribution in [0.5, 0.6) is 0 Å². The molecule has 6 aromatic rings. The number of H-pyrrole nitrogens is 1. The second-order valence-electron chi connectivity index (χ2n) is 10.0. The number of aromatic nitrogens is 2. The summed E-state index contributed by atoms with van der Waals surface area (Å²) >= 11 is 0. The lowest BCUT2D eigenvalue weighted by atomic mass is 9.94. The standard InChI is InChI=1S/C34H26N4O2S/c1-22-7-11-24(12-8-22)29-19-33(37-34(30(29)20-35)31-21-36-32-6-4-3-5-28(31)32)25-13-15-26(16-14-25)38-41(39,40)27-17-9-23(2)10-18-27/h3-19,21,36,38H,1-2H3. The fourth-order valence-corrected chi connectivity index (χ4v) is 5.93. The van der Waals surface area contributed by atoms with E-state index in [0.717, 1.165) is 44.3 Å². The molecule has 2 aromatic heterocycles. The molecule has 200 valence electrons. The van der Waals surface area contributed by atoms with Gasteiger partial charge in [-0.05, 0) is 55.8 Å². The Kier molecular flexibility index (Phi) is 6.62. The van der Waals surface area contributed by atoms with E-state index in [9.17, 15) is 13.7 Å². The van der Waals surface area contributed by atoms with Crippen LogP contribution in [0.3, 0.4) is 0 Å². The number of nitrogens with one attached hydrogen (secondary N) is 2. The van der Waals surface area contributed by atoms with Crippen molar-refractivity contribution >= 4 is 26.6 Å². The molecule has 6 nitrogen and oxygen atoms in total. The highest BCUT2D eigenvalue weighted by atomic mass is 32.2. The van der Waals surface area contributed by atoms with Gasteiger partial charge in [-0.1, -0.05) is 77.9 Å². The number of aromatic amines is 1. The zero-order chi connectivity index (χ0) is 28.6. The minimum absolute atomic E-state index is 0.201. The first-order chi connectivity index (χ1) is 19.8. The first kappa shape index (κ1) is 26.1. The van der Waals surface area contributed by atoms with E-state index in [4.69, 9.17) is 4.98 Å². The van der Waals surface area contributed by atoms with Crippen molar-refractivity contribution in [1.29, 1.82) is 5.26 Å². The van der Waals surface area contributed by atoms with Crippen molar-refractivity contribution in [3.05, 3.63) is 126 Å². The number of benzene rings is 4. The van der Waals surface area contributed by atoms with Crippen molar-refractivity contribution in [2.24, 2.45) is 0 Å². The number of aryl methyl sites for hydroxylation is 2. The largest absolute Gasteiger partial charge is 0.360 e. The predicted octanol–water partition coefficient (Wildman–Crippen LogP) is 7.85. The zero-order valence-corrected chi connectivity index (χ0v) is 23.3. The Morgan fingerprint density at radius 2 is 1.41 bits per heavy atom. The van der Waals surface area contributed by atoms with Gasteiger partial charge in [-0.3, -0.25) is 4.72 Å². The highest BCUT2D eigenvalue weighted by molar-refractivity contribution is 7.92. The lowest BCUT2D eigenvalue weighted by Crippen LogP contribution is -2.12. The van der Waals surface area contributed by atoms with Gasteiger partial charge in [0.2, 0.25) is 0 Å². The lowest BCUT2D eigenvalue weighted by Gasteiger charge is -2.14. The Labute approximate surface area is 239 Å². The summed E-state index contributed by atoms with van der Waals surface area (Å²) in [4.78, 5) is 8.49. The van der Waals surface area contributed by atoms with Crippen molar-refractivity contribution in [2.45, 2.75) is 18.7 Å². The molecule has 0 spiro atoms. The zero-order valence-electron chi connectivity index (χ0n) is 22.5. The molecule has 4 aromatic carbocycles. The number of nitrogens with zero attached hydrogens (tertiary/aromatic N) is 2. The van der Waals surface area contributed by atoms with Gasteiger partial charge >= 0.3 is 0 Å². The Balaban J connectivity index is 1.45. The van der Waals surface area contributed by atoms with Crippen molar-refractivity contribution in [1.82, 2.24) is 9.97 Å². The van der Waals surface area contributed by atoms with E-state index < -0.39 is 10.0 Å². The minimum Gasteiger partial charge on any atom is -0.360 e. The molecule has 0 fully saturated rings. The van der Waals surface area contributed by atoms with E-state index in [-0.39, 0.29) is 4.90 Å². The molecule has 0 saturated carbocycles. The first-order valence-electron chi connectivity index (χ1n) is 13.1. The fourth-order valence-electron chi connectivity index (χ4n) is 4.87. The number of fused-ring (bicyclic) bond motifs is 1. The molecule has 0 aliphatic carbocycles. The molecular weight excluding hydrogens is 528 g/mol. The average Bonchev–Trinajstić information content (AvgIpc) is 3.41. The second kappa shape index (κ2) is 10.4. The summed E-state index contributed by atoms with van der Waals surface area (Å²) in [7, 11) is -3.73. The molecule has 2 N–H and O–H groups in total. The van der Waals surface area contributed by atoms with Crippen LogP contribution < -0.4 is 4.72 Å². The fraction of sp³-hybridized carbons (Fsp3) is 0.0588. The summed E-state index contributed by atoms with van der Waals surface area (Å²) in [6.45, 7) is 3.94. The molecular formula is C34H26N4O2S. The van der Waals surface area contributed by atoms with Crippen molar-refractivity contribution in [3.8, 4) is 39.7 Å². The summed E-state index contributed by atoms with van der Waals surface area (Å²) in [5, 5.41) is 11.3. The number of hydrogen-bond donors (Lipinski definition) is 2. The maximum atomic E-state index is 12.9. The number of rotatable bonds is 6. The van der Waals surface area contributed by atoms with Crippen LogP contribution in [0, 0.1) is 25.2 Å². The maximum absolute atomic E-state index is 12.9. The van der Waals surface area contributed by atoms with E-state index in [1.807, 2.05) is 86.8 Å². The van der Waals surface area contributed by atoms with Gasteiger partial charge in [-0.15, -0.1) is 0 Å². The van der Waals surface area contributed by atoms with E-state index in [1.165, 1.54) is 0 Å². The summed E-state index contributed by atoms with van der Waals surface area (Å²) in [6, 6.07) is 34.2. The summed E-state index contributed by atoms with van der Waals surface area (Å²) in [5.41, 5.74) is 8.60. The van der Waals surface area contributed by atoms with Crippen LogP contribution in [-0.4, -0.2) is 18.4 Å². The van der Waals surface area contributed by atoms with Crippen LogP contribution >= 0.6 is 0 Å². The molecule has 0 atom stereocenters. The number of nitriles is 1. The predicted molar refractivity (Wildman–Crippen MR) is 164 cm³/mol. The van der Waals surface area contributed by atoms with Gasteiger partial charge < -0.3 is 4.98 Å². The van der Waals surface area contributed by atoms with Gasteiger partial charge in [-0.2, -0.15) is 5.26 Å². The minimum atomic E-state index is -3.73. The van der Waals surface area contributed by atoms with Crippen molar-refractivity contribution in [2.75, 3.05) is 4.72 Å². The van der Waals surface area contributed by atoms with Crippen LogP contribution in [0.2, 0.25) is 0 Å². The van der Waals surface area contributed by atoms with E-state index >= 15 is 0 Å². The van der Waals surface area contributed by atoms with E-state index in [2.05, 4.69) is 15.8 Å². The quantitative estimate of drug-likeness (QED) is 0.219. The van der Waals surface area contributed by atoms with Gasteiger partial charge in [0.05, 0.1) is 21.8 Å². The van der Waals surface area contributed by atoms with Crippen LogP contribution in [-0.2, 0) is 10.0 Å². The Hall–Kier alpha value is -5.19. The highest BCUT2D eigenvalue weighted by Crippen LogP contribution is 2.37. The third-order valence-corrected chi connectivity index (χ3v) is 8.50. The van der Waals surface area contributed by atoms with Gasteiger partial charge in [0.15, 0.2) is 0 Å². The third kappa shape index (κ3) is 5.09. The lowest BCUT2D eigenvalue weighted by molar-refractivity contribution is 0.601. The molecule has 7 heteroatoms. The van der Waals surface area contributed by atoms with Crippen LogP contribution in [0.25, 0.3) is 44.5 Å². The Bertz CT molecular complexity index is 2040. The molecule has 41 heavy (non-hydrogen) atoms. The van der Waals surface area contributed by atoms with E-state index in [0.29, 0.717) is 22.6 Å². The smallest absolute Gasteiger partial charge is 0.261 e. The molecule has 0 aliphatic rings. The molecule has 0 radical (unpaired) electrons. The number of hydrogen-bond acceptors (Lipinski definition) is 4. The monoisotopic (exact) mass is 554 g/mol. The van der Waals surface area contributed by atoms with Crippen LogP contribution in [0.1, 0.15) is 16.7 Å².